The Morgan fingerprint density at radius 1 is 1.15 bits per heavy atom. The molecule has 0 unspecified atom stereocenters. The number of carboxylic acids is 1. The maximum atomic E-state index is 12.5. The van der Waals surface area contributed by atoms with Gasteiger partial charge in [-0.25, -0.2) is 13.2 Å². The van der Waals surface area contributed by atoms with Crippen molar-refractivity contribution in [3.05, 3.63) is 48.0 Å². The predicted molar refractivity (Wildman–Crippen MR) is 83.9 cm³/mol. The summed E-state index contributed by atoms with van der Waals surface area (Å²) in [4.78, 5) is 10.6. The van der Waals surface area contributed by atoms with Gasteiger partial charge in [-0.3, -0.25) is 4.72 Å². The first-order valence-electron chi connectivity index (χ1n) is 6.82. The molecule has 2 N–H and O–H groups in total. The van der Waals surface area contributed by atoms with E-state index in [-0.39, 0.29) is 17.0 Å². The Morgan fingerprint density at radius 2 is 1.85 bits per heavy atom. The molecule has 2 rings (SSSR count). The van der Waals surface area contributed by atoms with E-state index < -0.39 is 33.0 Å². The topological polar surface area (TPSA) is 102 Å². The van der Waals surface area contributed by atoms with Crippen LogP contribution in [0.3, 0.4) is 0 Å². The van der Waals surface area contributed by atoms with E-state index in [0.717, 1.165) is 36.4 Å². The molecule has 2 aromatic rings. The molecule has 0 radical (unpaired) electrons. The van der Waals surface area contributed by atoms with Gasteiger partial charge in [0.05, 0.1) is 18.4 Å². The molecule has 0 saturated heterocycles. The summed E-state index contributed by atoms with van der Waals surface area (Å²) < 4.78 is 72.5. The summed E-state index contributed by atoms with van der Waals surface area (Å²) >= 11 is 0. The monoisotopic (exact) mass is 391 g/mol. The summed E-state index contributed by atoms with van der Waals surface area (Å²) in [5, 5.41) is 8.99. The van der Waals surface area contributed by atoms with Gasteiger partial charge in [0.25, 0.3) is 10.0 Å². The van der Waals surface area contributed by atoms with Gasteiger partial charge < -0.3 is 14.6 Å². The Balaban J connectivity index is 2.39. The fourth-order valence-electron chi connectivity index (χ4n) is 1.99. The molecule has 0 aromatic heterocycles. The van der Waals surface area contributed by atoms with Gasteiger partial charge in [0.1, 0.15) is 16.4 Å². The maximum absolute atomic E-state index is 12.5. The molecular formula is C15H12F3NO6S. The second-order valence-electron chi connectivity index (χ2n) is 4.85. The van der Waals surface area contributed by atoms with Crippen LogP contribution in [-0.2, 0) is 10.0 Å². The first-order chi connectivity index (χ1) is 12.0. The largest absolute Gasteiger partial charge is 0.573 e. The number of carboxylic acid groups (broad SMARTS) is 1. The lowest BCUT2D eigenvalue weighted by Crippen LogP contribution is -2.18. The van der Waals surface area contributed by atoms with Gasteiger partial charge in [0, 0.05) is 6.07 Å². The molecule has 140 valence electrons. The Labute approximate surface area is 146 Å². The molecule has 0 heterocycles. The van der Waals surface area contributed by atoms with Crippen molar-refractivity contribution >= 4 is 21.7 Å². The van der Waals surface area contributed by atoms with Gasteiger partial charge in [-0.2, -0.15) is 0 Å². The summed E-state index contributed by atoms with van der Waals surface area (Å²) in [5.41, 5.74) is -0.519. The molecule has 7 nitrogen and oxygen atoms in total. The van der Waals surface area contributed by atoms with Crippen molar-refractivity contribution in [3.63, 3.8) is 0 Å². The van der Waals surface area contributed by atoms with Crippen molar-refractivity contribution in [1.29, 1.82) is 0 Å². The molecule has 11 heteroatoms. The Hall–Kier alpha value is -2.95. The molecule has 0 saturated carbocycles. The third-order valence-corrected chi connectivity index (χ3v) is 4.42. The minimum atomic E-state index is -4.93. The number of sulfonamides is 1. The van der Waals surface area contributed by atoms with Crippen LogP contribution in [0.2, 0.25) is 0 Å². The van der Waals surface area contributed by atoms with Gasteiger partial charge in [-0.15, -0.1) is 13.2 Å². The van der Waals surface area contributed by atoms with Crippen molar-refractivity contribution in [2.24, 2.45) is 0 Å². The highest BCUT2D eigenvalue weighted by Crippen LogP contribution is 2.29. The molecule has 0 amide bonds. The number of nitrogens with one attached hydrogen (secondary N) is 1. The summed E-state index contributed by atoms with van der Waals surface area (Å²) in [6, 6.07) is 7.37. The summed E-state index contributed by atoms with van der Waals surface area (Å²) in [6.45, 7) is 0. The third kappa shape index (κ3) is 4.79. The van der Waals surface area contributed by atoms with E-state index in [1.54, 1.807) is 0 Å². The van der Waals surface area contributed by atoms with Crippen LogP contribution in [0.1, 0.15) is 10.4 Å². The lowest BCUT2D eigenvalue weighted by molar-refractivity contribution is -0.274. The number of ether oxygens (including phenoxy) is 2. The highest BCUT2D eigenvalue weighted by molar-refractivity contribution is 7.92. The van der Waals surface area contributed by atoms with Crippen LogP contribution in [0, 0.1) is 0 Å². The SMILES string of the molecule is COc1ccc(C(=O)O)cc1S(=O)(=O)Nc1cccc(OC(F)(F)F)c1. The molecule has 2 aromatic carbocycles. The molecule has 0 aliphatic heterocycles. The van der Waals surface area contributed by atoms with E-state index in [1.807, 2.05) is 0 Å². The zero-order chi connectivity index (χ0) is 19.5. The molecule has 0 spiro atoms. The standard InChI is InChI=1S/C15H12F3NO6S/c1-24-12-6-5-9(14(20)21)7-13(12)26(22,23)19-10-3-2-4-11(8-10)25-15(16,17)18/h2-8,19H,1H3,(H,20,21). The van der Waals surface area contributed by atoms with Gasteiger partial charge >= 0.3 is 12.3 Å². The smallest absolute Gasteiger partial charge is 0.495 e. The zero-order valence-corrected chi connectivity index (χ0v) is 13.9. The van der Waals surface area contributed by atoms with Gasteiger partial charge in [-0.05, 0) is 30.3 Å². The number of aromatic carboxylic acids is 1. The number of methoxy groups -OCH3 is 1. The molecular weight excluding hydrogens is 379 g/mol. The van der Waals surface area contributed by atoms with Crippen LogP contribution in [0.15, 0.2) is 47.4 Å². The van der Waals surface area contributed by atoms with E-state index >= 15 is 0 Å². The second kappa shape index (κ2) is 7.12. The molecule has 26 heavy (non-hydrogen) atoms. The number of hydrogen-bond donors (Lipinski definition) is 2. The lowest BCUT2D eigenvalue weighted by atomic mass is 10.2. The van der Waals surface area contributed by atoms with Crippen molar-refractivity contribution < 1.29 is 41.0 Å². The lowest BCUT2D eigenvalue weighted by Gasteiger charge is -2.13. The van der Waals surface area contributed by atoms with Gasteiger partial charge in [-0.1, -0.05) is 6.07 Å². The number of halogens is 3. The van der Waals surface area contributed by atoms with Crippen LogP contribution in [0.5, 0.6) is 11.5 Å². The van der Waals surface area contributed by atoms with Crippen LogP contribution < -0.4 is 14.2 Å². The summed E-state index contributed by atoms with van der Waals surface area (Å²) in [7, 11) is -3.16. The highest BCUT2D eigenvalue weighted by atomic mass is 32.2. The highest BCUT2D eigenvalue weighted by Gasteiger charge is 2.31. The van der Waals surface area contributed by atoms with E-state index in [2.05, 4.69) is 9.46 Å². The number of hydrogen-bond acceptors (Lipinski definition) is 5. The Bertz CT molecular complexity index is 927. The van der Waals surface area contributed by atoms with Crippen molar-refractivity contribution in [3.8, 4) is 11.5 Å². The number of anilines is 1. The number of benzene rings is 2. The van der Waals surface area contributed by atoms with Crippen LogP contribution in [-0.4, -0.2) is 33.0 Å². The van der Waals surface area contributed by atoms with Crippen LogP contribution in [0.4, 0.5) is 18.9 Å². The third-order valence-electron chi connectivity index (χ3n) is 3.02. The molecule has 0 aliphatic carbocycles. The Kier molecular flexibility index (Phi) is 5.30. The minimum absolute atomic E-state index is 0.134. The Morgan fingerprint density at radius 3 is 2.42 bits per heavy atom. The maximum Gasteiger partial charge on any atom is 0.573 e. The van der Waals surface area contributed by atoms with Crippen LogP contribution >= 0.6 is 0 Å². The van der Waals surface area contributed by atoms with Gasteiger partial charge in [0.2, 0.25) is 0 Å². The second-order valence-corrected chi connectivity index (χ2v) is 6.50. The van der Waals surface area contributed by atoms with Crippen LogP contribution in [0.25, 0.3) is 0 Å². The minimum Gasteiger partial charge on any atom is -0.495 e. The molecule has 0 bridgehead atoms. The quantitative estimate of drug-likeness (QED) is 0.785. The molecule has 0 atom stereocenters. The van der Waals surface area contributed by atoms with Crippen molar-refractivity contribution in [2.75, 3.05) is 11.8 Å². The van der Waals surface area contributed by atoms with Gasteiger partial charge in [0.15, 0.2) is 0 Å². The first kappa shape index (κ1) is 19.4. The average Bonchev–Trinajstić information content (AvgIpc) is 2.52. The molecule has 0 aliphatic rings. The van der Waals surface area contributed by atoms with E-state index in [1.165, 1.54) is 13.2 Å². The van der Waals surface area contributed by atoms with Crippen molar-refractivity contribution in [2.45, 2.75) is 11.3 Å². The zero-order valence-electron chi connectivity index (χ0n) is 13.1. The fraction of sp³-hybridized carbons (Fsp3) is 0.133. The summed E-state index contributed by atoms with van der Waals surface area (Å²) in [6.07, 6.45) is -4.93. The summed E-state index contributed by atoms with van der Waals surface area (Å²) in [5.74, 6) is -2.11. The first-order valence-corrected chi connectivity index (χ1v) is 8.30. The normalized spacial score (nSPS) is 11.7. The van der Waals surface area contributed by atoms with E-state index in [0.29, 0.717) is 0 Å². The van der Waals surface area contributed by atoms with Crippen molar-refractivity contribution in [1.82, 2.24) is 0 Å². The van der Waals surface area contributed by atoms with E-state index in [4.69, 9.17) is 9.84 Å². The fourth-order valence-corrected chi connectivity index (χ4v) is 3.23. The molecule has 0 fully saturated rings. The number of carbonyl (C=O) groups is 1. The average molecular weight is 391 g/mol. The predicted octanol–water partition coefficient (Wildman–Crippen LogP) is 3.09. The number of rotatable bonds is 6. The number of alkyl halides is 3. The van der Waals surface area contributed by atoms with E-state index in [9.17, 15) is 26.4 Å².